The Morgan fingerprint density at radius 3 is 2.08 bits per heavy atom. The average molecular weight is 540 g/mol. The average Bonchev–Trinajstić information content (AvgIpc) is 2.83. The SMILES string of the molecule is CCCC(C)NC(=O)C(c1c(C)cccc1C)N(CC)C(=O)C(Cc1ccc(O)cc1)NC(=O)OC(C)(C)C. The third kappa shape index (κ3) is 9.30. The standard InChI is InChI=1S/C31H45N3O5/c1-9-12-22(5)32-28(36)27(26-20(3)13-11-14-21(26)4)34(10-2)29(37)25(33-30(38)39-31(6,7)8)19-23-15-17-24(35)18-16-23/h11,13-18,22,25,27,35H,9-10,12,19H2,1-8H3,(H,32,36)(H,33,38). The predicted molar refractivity (Wildman–Crippen MR) is 154 cm³/mol. The van der Waals surface area contributed by atoms with Gasteiger partial charge < -0.3 is 25.4 Å². The van der Waals surface area contributed by atoms with Gasteiger partial charge in [0.2, 0.25) is 11.8 Å². The molecule has 0 aliphatic heterocycles. The lowest BCUT2D eigenvalue weighted by Gasteiger charge is -2.35. The van der Waals surface area contributed by atoms with Gasteiger partial charge in [-0.25, -0.2) is 4.79 Å². The summed E-state index contributed by atoms with van der Waals surface area (Å²) in [5, 5.41) is 15.5. The second kappa shape index (κ2) is 14.0. The zero-order chi connectivity index (χ0) is 29.3. The number of rotatable bonds is 11. The summed E-state index contributed by atoms with van der Waals surface area (Å²) >= 11 is 0. The number of carbonyl (C=O) groups is 3. The Morgan fingerprint density at radius 1 is 0.974 bits per heavy atom. The topological polar surface area (TPSA) is 108 Å². The Hall–Kier alpha value is -3.55. The fraction of sp³-hybridized carbons (Fsp3) is 0.516. The maximum Gasteiger partial charge on any atom is 0.408 e. The van der Waals surface area contributed by atoms with Gasteiger partial charge in [0, 0.05) is 19.0 Å². The van der Waals surface area contributed by atoms with Crippen LogP contribution in [-0.2, 0) is 20.7 Å². The molecule has 3 N–H and O–H groups in total. The Morgan fingerprint density at radius 2 is 1.56 bits per heavy atom. The zero-order valence-corrected chi connectivity index (χ0v) is 24.6. The first-order valence-corrected chi connectivity index (χ1v) is 13.7. The smallest absolute Gasteiger partial charge is 0.408 e. The first kappa shape index (κ1) is 31.7. The van der Waals surface area contributed by atoms with Crippen molar-refractivity contribution in [3.63, 3.8) is 0 Å². The number of nitrogens with one attached hydrogen (secondary N) is 2. The van der Waals surface area contributed by atoms with E-state index in [4.69, 9.17) is 4.74 Å². The molecule has 2 rings (SSSR count). The van der Waals surface area contributed by atoms with E-state index in [-0.39, 0.29) is 30.7 Å². The quantitative estimate of drug-likeness (QED) is 0.357. The van der Waals surface area contributed by atoms with Crippen LogP contribution in [0, 0.1) is 13.8 Å². The van der Waals surface area contributed by atoms with E-state index < -0.39 is 29.7 Å². The number of hydrogen-bond acceptors (Lipinski definition) is 5. The third-order valence-corrected chi connectivity index (χ3v) is 6.47. The number of aryl methyl sites for hydroxylation is 2. The summed E-state index contributed by atoms with van der Waals surface area (Å²) in [5.41, 5.74) is 2.56. The van der Waals surface area contributed by atoms with Gasteiger partial charge in [-0.1, -0.05) is 43.7 Å². The maximum atomic E-state index is 14.2. The normalized spacial score (nSPS) is 13.6. The molecule has 3 amide bonds. The van der Waals surface area contributed by atoms with Crippen molar-refractivity contribution in [2.75, 3.05) is 6.54 Å². The fourth-order valence-electron chi connectivity index (χ4n) is 4.70. The highest BCUT2D eigenvalue weighted by Gasteiger charge is 2.37. The minimum atomic E-state index is -1.00. The molecule has 8 nitrogen and oxygen atoms in total. The molecule has 3 unspecified atom stereocenters. The Kier molecular flexibility index (Phi) is 11.4. The van der Waals surface area contributed by atoms with Crippen LogP contribution in [0.4, 0.5) is 4.79 Å². The fourth-order valence-corrected chi connectivity index (χ4v) is 4.70. The number of hydrogen-bond donors (Lipinski definition) is 3. The van der Waals surface area contributed by atoms with Crippen molar-refractivity contribution in [2.45, 2.75) is 98.4 Å². The summed E-state index contributed by atoms with van der Waals surface area (Å²) in [4.78, 5) is 42.4. The van der Waals surface area contributed by atoms with E-state index >= 15 is 0 Å². The van der Waals surface area contributed by atoms with E-state index in [0.717, 1.165) is 35.1 Å². The second-order valence-corrected chi connectivity index (χ2v) is 11.1. The molecule has 39 heavy (non-hydrogen) atoms. The van der Waals surface area contributed by atoms with E-state index in [1.807, 2.05) is 45.9 Å². The summed E-state index contributed by atoms with van der Waals surface area (Å²) in [7, 11) is 0. The van der Waals surface area contributed by atoms with Crippen LogP contribution in [0.3, 0.4) is 0 Å². The van der Waals surface area contributed by atoms with E-state index in [0.29, 0.717) is 0 Å². The molecule has 0 heterocycles. The van der Waals surface area contributed by atoms with E-state index in [1.165, 1.54) is 17.0 Å². The van der Waals surface area contributed by atoms with Crippen LogP contribution in [0.15, 0.2) is 42.5 Å². The molecule has 2 aromatic carbocycles. The van der Waals surface area contributed by atoms with Gasteiger partial charge in [-0.3, -0.25) is 9.59 Å². The minimum absolute atomic E-state index is 0.0594. The summed E-state index contributed by atoms with van der Waals surface area (Å²) in [6, 6.07) is 10.3. The highest BCUT2D eigenvalue weighted by molar-refractivity contribution is 5.92. The van der Waals surface area contributed by atoms with Gasteiger partial charge in [0.25, 0.3) is 0 Å². The molecule has 214 valence electrons. The van der Waals surface area contributed by atoms with Crippen molar-refractivity contribution < 1.29 is 24.2 Å². The number of likely N-dealkylation sites (N-methyl/N-ethyl adjacent to an activating group) is 1. The zero-order valence-electron chi connectivity index (χ0n) is 24.6. The molecule has 0 saturated heterocycles. The van der Waals surface area contributed by atoms with E-state index in [9.17, 15) is 19.5 Å². The first-order chi connectivity index (χ1) is 18.3. The number of aromatic hydroxyl groups is 1. The molecule has 3 atom stereocenters. The van der Waals surface area contributed by atoms with Gasteiger partial charge in [0.15, 0.2) is 0 Å². The molecule has 0 fully saturated rings. The van der Waals surface area contributed by atoms with Gasteiger partial charge in [0.1, 0.15) is 23.4 Å². The monoisotopic (exact) mass is 539 g/mol. The first-order valence-electron chi connectivity index (χ1n) is 13.7. The van der Waals surface area contributed by atoms with Crippen LogP contribution in [0.5, 0.6) is 5.75 Å². The molecule has 0 saturated carbocycles. The molecule has 2 aromatic rings. The number of nitrogens with zero attached hydrogens (tertiary/aromatic N) is 1. The molecule has 8 heteroatoms. The van der Waals surface area contributed by atoms with Crippen molar-refractivity contribution in [3.05, 3.63) is 64.7 Å². The Labute approximate surface area is 233 Å². The summed E-state index contributed by atoms with van der Waals surface area (Å²) in [5.74, 6) is -0.559. The number of carbonyl (C=O) groups excluding carboxylic acids is 3. The molecular formula is C31H45N3O5. The second-order valence-electron chi connectivity index (χ2n) is 11.1. The number of benzene rings is 2. The number of amides is 3. The van der Waals surface area contributed by atoms with Crippen LogP contribution in [0.2, 0.25) is 0 Å². The highest BCUT2D eigenvalue weighted by Crippen LogP contribution is 2.29. The van der Waals surface area contributed by atoms with Crippen molar-refractivity contribution in [1.82, 2.24) is 15.5 Å². The summed E-state index contributed by atoms with van der Waals surface area (Å²) < 4.78 is 5.46. The molecule has 0 aliphatic rings. The number of phenolic OH excluding ortho intramolecular Hbond substituents is 1. The van der Waals surface area contributed by atoms with Crippen LogP contribution in [0.1, 0.15) is 82.7 Å². The lowest BCUT2D eigenvalue weighted by Crippen LogP contribution is -2.54. The number of ether oxygens (including phenoxy) is 1. The van der Waals surface area contributed by atoms with Gasteiger partial charge in [0.05, 0.1) is 0 Å². The molecule has 0 radical (unpaired) electrons. The minimum Gasteiger partial charge on any atom is -0.508 e. The Balaban J connectivity index is 2.54. The molecule has 0 aliphatic carbocycles. The lowest BCUT2D eigenvalue weighted by molar-refractivity contribution is -0.142. The van der Waals surface area contributed by atoms with Crippen molar-refractivity contribution in [3.8, 4) is 5.75 Å². The number of alkyl carbamates (subject to hydrolysis) is 1. The van der Waals surface area contributed by atoms with E-state index in [2.05, 4.69) is 17.6 Å². The van der Waals surface area contributed by atoms with Gasteiger partial charge in [-0.15, -0.1) is 0 Å². The summed E-state index contributed by atoms with van der Waals surface area (Å²) in [6.45, 7) is 15.2. The van der Waals surface area contributed by atoms with Crippen molar-refractivity contribution in [1.29, 1.82) is 0 Å². The number of phenols is 1. The molecule has 0 aromatic heterocycles. The van der Waals surface area contributed by atoms with Gasteiger partial charge in [-0.2, -0.15) is 0 Å². The molecule has 0 bridgehead atoms. The predicted octanol–water partition coefficient (Wildman–Crippen LogP) is 5.34. The third-order valence-electron chi connectivity index (χ3n) is 6.47. The van der Waals surface area contributed by atoms with Gasteiger partial charge in [-0.05, 0) is 89.3 Å². The van der Waals surface area contributed by atoms with Crippen LogP contribution < -0.4 is 10.6 Å². The highest BCUT2D eigenvalue weighted by atomic mass is 16.6. The van der Waals surface area contributed by atoms with Gasteiger partial charge >= 0.3 is 6.09 Å². The van der Waals surface area contributed by atoms with Crippen LogP contribution in [0.25, 0.3) is 0 Å². The largest absolute Gasteiger partial charge is 0.508 e. The van der Waals surface area contributed by atoms with Crippen molar-refractivity contribution in [2.24, 2.45) is 0 Å². The maximum absolute atomic E-state index is 14.2. The Bertz CT molecular complexity index is 1100. The van der Waals surface area contributed by atoms with Crippen molar-refractivity contribution >= 4 is 17.9 Å². The lowest BCUT2D eigenvalue weighted by atomic mass is 9.93. The molecule has 0 spiro atoms. The molecular weight excluding hydrogens is 494 g/mol. The van der Waals surface area contributed by atoms with Crippen LogP contribution >= 0.6 is 0 Å². The summed E-state index contributed by atoms with van der Waals surface area (Å²) in [6.07, 6.45) is 1.16. The van der Waals surface area contributed by atoms with Crippen LogP contribution in [-0.4, -0.2) is 52.1 Å². The van der Waals surface area contributed by atoms with E-state index in [1.54, 1.807) is 32.9 Å².